The maximum atomic E-state index is 10.6. The molecule has 0 aromatic heterocycles. The molecule has 0 fully saturated rings. The minimum absolute atomic E-state index is 0.0627. The number of hydrogen-bond donors (Lipinski definition) is 2. The third kappa shape index (κ3) is 7.29. The highest BCUT2D eigenvalue weighted by molar-refractivity contribution is 7.89. The van der Waals surface area contributed by atoms with Crippen molar-refractivity contribution in [2.75, 3.05) is 12.3 Å². The van der Waals surface area contributed by atoms with Gasteiger partial charge in [-0.25, -0.2) is 13.6 Å². The fourth-order valence-electron chi connectivity index (χ4n) is 1.16. The van der Waals surface area contributed by atoms with E-state index in [1.165, 1.54) is 0 Å². The molecule has 0 amide bonds. The summed E-state index contributed by atoms with van der Waals surface area (Å²) >= 11 is 0. The number of rotatable bonds is 7. The first-order valence-electron chi connectivity index (χ1n) is 5.10. The van der Waals surface area contributed by atoms with Gasteiger partial charge in [-0.2, -0.15) is 0 Å². The molecule has 0 aliphatic carbocycles. The van der Waals surface area contributed by atoms with Crippen molar-refractivity contribution in [2.24, 2.45) is 11.1 Å². The van der Waals surface area contributed by atoms with Crippen molar-refractivity contribution in [3.05, 3.63) is 0 Å². The lowest BCUT2D eigenvalue weighted by atomic mass is 10.0. The highest BCUT2D eigenvalue weighted by Gasteiger charge is 2.09. The topological polar surface area (TPSA) is 72.2 Å². The summed E-state index contributed by atoms with van der Waals surface area (Å²) in [4.78, 5) is 0. The van der Waals surface area contributed by atoms with Crippen LogP contribution in [0.15, 0.2) is 0 Å². The van der Waals surface area contributed by atoms with Gasteiger partial charge in [-0.15, -0.1) is 0 Å². The van der Waals surface area contributed by atoms with E-state index in [2.05, 4.69) is 26.1 Å². The molecule has 0 spiro atoms. The summed E-state index contributed by atoms with van der Waals surface area (Å²) < 4.78 is 21.2. The Hall–Kier alpha value is -0.130. The molecule has 0 aliphatic heterocycles. The number of sulfonamides is 1. The van der Waals surface area contributed by atoms with E-state index >= 15 is 0 Å². The molecule has 86 valence electrons. The van der Waals surface area contributed by atoms with E-state index in [0.717, 1.165) is 6.42 Å². The van der Waals surface area contributed by atoms with Crippen LogP contribution < -0.4 is 10.5 Å². The van der Waals surface area contributed by atoms with Crippen LogP contribution in [0.5, 0.6) is 0 Å². The van der Waals surface area contributed by atoms with E-state index in [9.17, 15) is 8.42 Å². The molecule has 0 aromatic rings. The Kier molecular flexibility index (Phi) is 6.31. The van der Waals surface area contributed by atoms with Crippen LogP contribution in [0.1, 0.15) is 33.6 Å². The number of primary sulfonamides is 1. The van der Waals surface area contributed by atoms with Crippen molar-refractivity contribution in [2.45, 2.75) is 39.7 Å². The van der Waals surface area contributed by atoms with Crippen LogP contribution in [-0.2, 0) is 10.0 Å². The Balaban J connectivity index is 3.55. The van der Waals surface area contributed by atoms with Crippen LogP contribution in [0.3, 0.4) is 0 Å². The number of hydrogen-bond acceptors (Lipinski definition) is 3. The lowest BCUT2D eigenvalue weighted by molar-refractivity contribution is 0.391. The number of nitrogens with two attached hydrogens (primary N) is 1. The average molecular weight is 222 g/mol. The van der Waals surface area contributed by atoms with Crippen molar-refractivity contribution in [1.29, 1.82) is 0 Å². The second-order valence-corrected chi connectivity index (χ2v) is 5.58. The molecular weight excluding hydrogens is 200 g/mol. The zero-order valence-electron chi connectivity index (χ0n) is 9.29. The van der Waals surface area contributed by atoms with Gasteiger partial charge >= 0.3 is 0 Å². The quantitative estimate of drug-likeness (QED) is 0.622. The summed E-state index contributed by atoms with van der Waals surface area (Å²) in [5.74, 6) is 0.678. The molecule has 5 heteroatoms. The van der Waals surface area contributed by atoms with E-state index < -0.39 is 10.0 Å². The van der Waals surface area contributed by atoms with Gasteiger partial charge in [-0.3, -0.25) is 0 Å². The van der Waals surface area contributed by atoms with E-state index in [0.29, 0.717) is 24.9 Å². The van der Waals surface area contributed by atoms with Gasteiger partial charge in [0.05, 0.1) is 5.75 Å². The SMILES string of the molecule is CCC(C)C(C)NCCCS(N)(=O)=O. The lowest BCUT2D eigenvalue weighted by Crippen LogP contribution is -2.33. The Morgan fingerprint density at radius 1 is 1.36 bits per heavy atom. The normalized spacial score (nSPS) is 16.6. The van der Waals surface area contributed by atoms with Crippen molar-refractivity contribution in [1.82, 2.24) is 5.32 Å². The highest BCUT2D eigenvalue weighted by Crippen LogP contribution is 2.06. The first-order valence-corrected chi connectivity index (χ1v) is 6.82. The van der Waals surface area contributed by atoms with Crippen LogP contribution in [0.4, 0.5) is 0 Å². The van der Waals surface area contributed by atoms with Gasteiger partial charge in [0.2, 0.25) is 10.0 Å². The highest BCUT2D eigenvalue weighted by atomic mass is 32.2. The molecule has 0 saturated heterocycles. The predicted molar refractivity (Wildman–Crippen MR) is 59.5 cm³/mol. The monoisotopic (exact) mass is 222 g/mol. The fourth-order valence-corrected chi connectivity index (χ4v) is 1.70. The van der Waals surface area contributed by atoms with Crippen LogP contribution in [0.25, 0.3) is 0 Å². The minimum atomic E-state index is -3.29. The molecule has 0 aromatic carbocycles. The summed E-state index contributed by atoms with van der Waals surface area (Å²) in [7, 11) is -3.29. The zero-order valence-corrected chi connectivity index (χ0v) is 10.1. The molecule has 0 bridgehead atoms. The molecule has 4 nitrogen and oxygen atoms in total. The van der Waals surface area contributed by atoms with Gasteiger partial charge in [0.1, 0.15) is 0 Å². The summed E-state index contributed by atoms with van der Waals surface area (Å²) in [5, 5.41) is 8.17. The van der Waals surface area contributed by atoms with Gasteiger partial charge in [0.25, 0.3) is 0 Å². The predicted octanol–water partition coefficient (Wildman–Crippen LogP) is 0.689. The van der Waals surface area contributed by atoms with Gasteiger partial charge in [-0.05, 0) is 25.8 Å². The van der Waals surface area contributed by atoms with Crippen LogP contribution >= 0.6 is 0 Å². The Labute approximate surface area is 87.3 Å². The molecule has 0 saturated carbocycles. The molecule has 0 heterocycles. The summed E-state index contributed by atoms with van der Waals surface area (Å²) in [6.07, 6.45) is 1.71. The lowest BCUT2D eigenvalue weighted by Gasteiger charge is -2.19. The van der Waals surface area contributed by atoms with Crippen LogP contribution in [0, 0.1) is 5.92 Å². The van der Waals surface area contributed by atoms with Crippen molar-refractivity contribution >= 4 is 10.0 Å². The largest absolute Gasteiger partial charge is 0.314 e. The summed E-state index contributed by atoms with van der Waals surface area (Å²) in [6, 6.07) is 0.431. The minimum Gasteiger partial charge on any atom is -0.314 e. The van der Waals surface area contributed by atoms with E-state index in [1.807, 2.05) is 0 Å². The maximum Gasteiger partial charge on any atom is 0.209 e. The maximum absolute atomic E-state index is 10.6. The molecule has 0 aliphatic rings. The van der Waals surface area contributed by atoms with Gasteiger partial charge in [0, 0.05) is 6.04 Å². The van der Waals surface area contributed by atoms with E-state index in [-0.39, 0.29) is 5.75 Å². The molecule has 2 unspecified atom stereocenters. The van der Waals surface area contributed by atoms with Crippen LogP contribution in [0.2, 0.25) is 0 Å². The Morgan fingerprint density at radius 3 is 2.36 bits per heavy atom. The number of nitrogens with one attached hydrogen (secondary N) is 1. The molecule has 2 atom stereocenters. The van der Waals surface area contributed by atoms with Gasteiger partial charge in [0.15, 0.2) is 0 Å². The van der Waals surface area contributed by atoms with E-state index in [1.54, 1.807) is 0 Å². The first kappa shape index (κ1) is 13.9. The summed E-state index contributed by atoms with van der Waals surface area (Å²) in [6.45, 7) is 7.15. The smallest absolute Gasteiger partial charge is 0.209 e. The van der Waals surface area contributed by atoms with Crippen molar-refractivity contribution < 1.29 is 8.42 Å². The first-order chi connectivity index (χ1) is 6.37. The third-order valence-electron chi connectivity index (χ3n) is 2.57. The van der Waals surface area contributed by atoms with Crippen molar-refractivity contribution in [3.63, 3.8) is 0 Å². The summed E-state index contributed by atoms with van der Waals surface area (Å²) in [5.41, 5.74) is 0. The van der Waals surface area contributed by atoms with Crippen LogP contribution in [-0.4, -0.2) is 26.8 Å². The molecular formula is C9H22N2O2S. The van der Waals surface area contributed by atoms with Gasteiger partial charge in [-0.1, -0.05) is 20.3 Å². The Morgan fingerprint density at radius 2 is 1.93 bits per heavy atom. The van der Waals surface area contributed by atoms with Gasteiger partial charge < -0.3 is 5.32 Å². The molecule has 0 rings (SSSR count). The molecule has 14 heavy (non-hydrogen) atoms. The second-order valence-electron chi connectivity index (χ2n) is 3.85. The fraction of sp³-hybridized carbons (Fsp3) is 1.00. The average Bonchev–Trinajstić information content (AvgIpc) is 2.09. The van der Waals surface area contributed by atoms with E-state index in [4.69, 9.17) is 5.14 Å². The third-order valence-corrected chi connectivity index (χ3v) is 3.43. The second kappa shape index (κ2) is 6.37. The zero-order chi connectivity index (χ0) is 11.2. The standard InChI is InChI=1S/C9H22N2O2S/c1-4-8(2)9(3)11-6-5-7-14(10,12)13/h8-9,11H,4-7H2,1-3H3,(H2,10,12,13). The Bertz CT molecular complexity index is 239. The van der Waals surface area contributed by atoms with Crippen molar-refractivity contribution in [3.8, 4) is 0 Å². The molecule has 0 radical (unpaired) electrons. The molecule has 3 N–H and O–H groups in total.